The van der Waals surface area contributed by atoms with Crippen LogP contribution in [-0.4, -0.2) is 35.5 Å². The molecule has 1 fully saturated rings. The number of carboxylic acids is 1. The summed E-state index contributed by atoms with van der Waals surface area (Å²) in [6, 6.07) is -0.451. The van der Waals surface area contributed by atoms with Gasteiger partial charge in [0.2, 0.25) is 11.8 Å². The Hall–Kier alpha value is -1.59. The van der Waals surface area contributed by atoms with Gasteiger partial charge in [0, 0.05) is 13.0 Å². The van der Waals surface area contributed by atoms with E-state index in [1.165, 1.54) is 0 Å². The molecule has 1 aliphatic heterocycles. The Kier molecular flexibility index (Phi) is 4.28. The third-order valence-electron chi connectivity index (χ3n) is 2.61. The van der Waals surface area contributed by atoms with Crippen LogP contribution in [0.3, 0.4) is 0 Å². The molecular weight excluding hydrogens is 212 g/mol. The number of carbonyl (C=O) groups excluding carboxylic acids is 2. The van der Waals surface area contributed by atoms with Gasteiger partial charge >= 0.3 is 5.97 Å². The number of carbonyl (C=O) groups is 3. The molecule has 0 aliphatic carbocycles. The summed E-state index contributed by atoms with van der Waals surface area (Å²) in [6.45, 7) is 1.91. The minimum absolute atomic E-state index is 0.112. The maximum atomic E-state index is 11.5. The maximum absolute atomic E-state index is 11.5. The third-order valence-corrected chi connectivity index (χ3v) is 2.61. The Morgan fingerprint density at radius 2 is 2.31 bits per heavy atom. The first-order valence-corrected chi connectivity index (χ1v) is 5.30. The van der Waals surface area contributed by atoms with Gasteiger partial charge in [-0.3, -0.25) is 14.4 Å². The third kappa shape index (κ3) is 3.52. The lowest BCUT2D eigenvalue weighted by Crippen LogP contribution is -2.42. The van der Waals surface area contributed by atoms with Crippen LogP contribution in [0.1, 0.15) is 26.2 Å². The molecule has 1 saturated heterocycles. The summed E-state index contributed by atoms with van der Waals surface area (Å²) < 4.78 is 0. The number of aliphatic carboxylic acids is 1. The number of rotatable bonds is 5. The highest BCUT2D eigenvalue weighted by atomic mass is 16.4. The molecule has 90 valence electrons. The van der Waals surface area contributed by atoms with E-state index in [0.717, 1.165) is 0 Å². The van der Waals surface area contributed by atoms with E-state index in [9.17, 15) is 14.4 Å². The quantitative estimate of drug-likeness (QED) is 0.590. The van der Waals surface area contributed by atoms with E-state index in [4.69, 9.17) is 5.11 Å². The van der Waals surface area contributed by atoms with Gasteiger partial charge in [0.1, 0.15) is 6.04 Å². The van der Waals surface area contributed by atoms with Crippen LogP contribution in [0.2, 0.25) is 0 Å². The predicted molar refractivity (Wildman–Crippen MR) is 55.6 cm³/mol. The van der Waals surface area contributed by atoms with Crippen molar-refractivity contribution in [1.82, 2.24) is 10.6 Å². The standard InChI is InChI=1S/C10H16N2O4/c1-6(10(15)16)4-5-11-9(14)7-2-3-8(13)12-7/h6-7H,2-5H2,1H3,(H,11,14)(H,12,13)(H,15,16)/t6?,7-/m1/s1. The first-order valence-electron chi connectivity index (χ1n) is 5.30. The molecule has 0 saturated carbocycles. The highest BCUT2D eigenvalue weighted by molar-refractivity contribution is 5.90. The van der Waals surface area contributed by atoms with E-state index >= 15 is 0 Å². The molecule has 1 unspecified atom stereocenters. The minimum atomic E-state index is -0.872. The summed E-state index contributed by atoms with van der Waals surface area (Å²) >= 11 is 0. The van der Waals surface area contributed by atoms with Crippen molar-refractivity contribution < 1.29 is 19.5 Å². The second-order valence-electron chi connectivity index (χ2n) is 3.98. The largest absolute Gasteiger partial charge is 0.481 e. The second-order valence-corrected chi connectivity index (χ2v) is 3.98. The zero-order chi connectivity index (χ0) is 12.1. The van der Waals surface area contributed by atoms with Crippen molar-refractivity contribution >= 4 is 17.8 Å². The van der Waals surface area contributed by atoms with E-state index in [1.807, 2.05) is 0 Å². The van der Waals surface area contributed by atoms with Crippen LogP contribution in [-0.2, 0) is 14.4 Å². The molecule has 1 heterocycles. The Morgan fingerprint density at radius 3 is 2.81 bits per heavy atom. The zero-order valence-corrected chi connectivity index (χ0v) is 9.16. The van der Waals surface area contributed by atoms with Crippen molar-refractivity contribution in [2.75, 3.05) is 6.54 Å². The average Bonchev–Trinajstić information content (AvgIpc) is 2.64. The summed E-state index contributed by atoms with van der Waals surface area (Å²) in [4.78, 5) is 32.8. The molecule has 0 aromatic carbocycles. The highest BCUT2D eigenvalue weighted by Crippen LogP contribution is 2.06. The normalized spacial score (nSPS) is 21.3. The molecule has 0 radical (unpaired) electrons. The zero-order valence-electron chi connectivity index (χ0n) is 9.16. The van der Waals surface area contributed by atoms with Crippen molar-refractivity contribution in [2.24, 2.45) is 5.92 Å². The summed E-state index contributed by atoms with van der Waals surface area (Å²) in [6.07, 6.45) is 1.28. The fourth-order valence-electron chi connectivity index (χ4n) is 1.47. The molecule has 0 bridgehead atoms. The van der Waals surface area contributed by atoms with E-state index in [1.54, 1.807) is 6.92 Å². The molecule has 0 aromatic rings. The first-order chi connectivity index (χ1) is 7.50. The average molecular weight is 228 g/mol. The molecule has 1 rings (SSSR count). The summed E-state index contributed by atoms with van der Waals surface area (Å²) in [5, 5.41) is 13.8. The van der Waals surface area contributed by atoms with Crippen LogP contribution < -0.4 is 10.6 Å². The summed E-state index contributed by atoms with van der Waals surface area (Å²) in [5.74, 6) is -1.69. The van der Waals surface area contributed by atoms with Gasteiger partial charge in [-0.1, -0.05) is 6.92 Å². The first kappa shape index (κ1) is 12.5. The monoisotopic (exact) mass is 228 g/mol. The molecule has 3 N–H and O–H groups in total. The smallest absolute Gasteiger partial charge is 0.306 e. The minimum Gasteiger partial charge on any atom is -0.481 e. The lowest BCUT2D eigenvalue weighted by atomic mass is 10.1. The van der Waals surface area contributed by atoms with Crippen LogP contribution in [0, 0.1) is 5.92 Å². The van der Waals surface area contributed by atoms with Crippen LogP contribution in [0.5, 0.6) is 0 Å². The fourth-order valence-corrected chi connectivity index (χ4v) is 1.47. The van der Waals surface area contributed by atoms with Gasteiger partial charge in [0.05, 0.1) is 5.92 Å². The second kappa shape index (κ2) is 5.48. The topological polar surface area (TPSA) is 95.5 Å². The molecule has 2 atom stereocenters. The van der Waals surface area contributed by atoms with Crippen LogP contribution in [0.15, 0.2) is 0 Å². The van der Waals surface area contributed by atoms with Gasteiger partial charge in [0.25, 0.3) is 0 Å². The molecule has 0 aromatic heterocycles. The summed E-state index contributed by atoms with van der Waals surface area (Å²) in [7, 11) is 0. The van der Waals surface area contributed by atoms with Gasteiger partial charge in [-0.25, -0.2) is 0 Å². The summed E-state index contributed by atoms with van der Waals surface area (Å²) in [5.41, 5.74) is 0. The Labute approximate surface area is 93.4 Å². The lowest BCUT2D eigenvalue weighted by molar-refractivity contribution is -0.141. The van der Waals surface area contributed by atoms with Crippen LogP contribution in [0.25, 0.3) is 0 Å². The van der Waals surface area contributed by atoms with E-state index < -0.39 is 17.9 Å². The number of hydrogen-bond acceptors (Lipinski definition) is 3. The fraction of sp³-hybridized carbons (Fsp3) is 0.700. The molecule has 6 nitrogen and oxygen atoms in total. The molecule has 1 aliphatic rings. The number of carboxylic acid groups (broad SMARTS) is 1. The number of amides is 2. The van der Waals surface area contributed by atoms with Crippen LogP contribution in [0.4, 0.5) is 0 Å². The van der Waals surface area contributed by atoms with Crippen LogP contribution >= 0.6 is 0 Å². The molecular formula is C10H16N2O4. The Balaban J connectivity index is 2.20. The van der Waals surface area contributed by atoms with E-state index in [-0.39, 0.29) is 11.8 Å². The Morgan fingerprint density at radius 1 is 1.62 bits per heavy atom. The molecule has 6 heteroatoms. The van der Waals surface area contributed by atoms with Gasteiger partial charge in [-0.15, -0.1) is 0 Å². The van der Waals surface area contributed by atoms with E-state index in [0.29, 0.717) is 25.8 Å². The van der Waals surface area contributed by atoms with E-state index in [2.05, 4.69) is 10.6 Å². The van der Waals surface area contributed by atoms with Gasteiger partial charge in [0.15, 0.2) is 0 Å². The Bertz CT molecular complexity index is 303. The van der Waals surface area contributed by atoms with Gasteiger partial charge in [-0.2, -0.15) is 0 Å². The number of nitrogens with one attached hydrogen (secondary N) is 2. The van der Waals surface area contributed by atoms with Crippen molar-refractivity contribution in [3.63, 3.8) is 0 Å². The SMILES string of the molecule is CC(CCNC(=O)[C@H]1CCC(=O)N1)C(=O)O. The van der Waals surface area contributed by atoms with Gasteiger partial charge < -0.3 is 15.7 Å². The molecule has 0 spiro atoms. The predicted octanol–water partition coefficient (Wildman–Crippen LogP) is -0.508. The highest BCUT2D eigenvalue weighted by Gasteiger charge is 2.26. The van der Waals surface area contributed by atoms with Crippen molar-refractivity contribution in [1.29, 1.82) is 0 Å². The lowest BCUT2D eigenvalue weighted by Gasteiger charge is -2.11. The molecule has 16 heavy (non-hydrogen) atoms. The molecule has 2 amide bonds. The maximum Gasteiger partial charge on any atom is 0.306 e. The van der Waals surface area contributed by atoms with Crippen molar-refractivity contribution in [3.8, 4) is 0 Å². The number of hydrogen-bond donors (Lipinski definition) is 3. The van der Waals surface area contributed by atoms with Crippen molar-refractivity contribution in [2.45, 2.75) is 32.2 Å². The van der Waals surface area contributed by atoms with Crippen molar-refractivity contribution in [3.05, 3.63) is 0 Å². The van der Waals surface area contributed by atoms with Gasteiger partial charge in [-0.05, 0) is 12.8 Å².